The van der Waals surface area contributed by atoms with Crippen LogP contribution in [0.5, 0.6) is 0 Å². The molecule has 0 aromatic rings. The monoisotopic (exact) mass is 221 g/mol. The van der Waals surface area contributed by atoms with Crippen LogP contribution in [0.15, 0.2) is 0 Å². The molecule has 4 nitrogen and oxygen atoms in total. The zero-order valence-electron chi connectivity index (χ0n) is 8.82. The van der Waals surface area contributed by atoms with E-state index in [1.54, 1.807) is 0 Å². The van der Waals surface area contributed by atoms with Crippen molar-refractivity contribution < 1.29 is 13.2 Å². The van der Waals surface area contributed by atoms with E-state index in [9.17, 15) is 8.42 Å². The molecule has 0 amide bonds. The highest BCUT2D eigenvalue weighted by Crippen LogP contribution is 2.33. The predicted octanol–water partition coefficient (Wildman–Crippen LogP) is 0.0456. The summed E-state index contributed by atoms with van der Waals surface area (Å²) in [7, 11) is 0.400. The van der Waals surface area contributed by atoms with E-state index >= 15 is 0 Å². The van der Waals surface area contributed by atoms with Crippen molar-refractivity contribution in [3.63, 3.8) is 0 Å². The Morgan fingerprint density at radius 2 is 2.14 bits per heavy atom. The van der Waals surface area contributed by atoms with Gasteiger partial charge in [0.2, 0.25) is 0 Å². The van der Waals surface area contributed by atoms with Crippen LogP contribution in [-0.4, -0.2) is 46.7 Å². The molecule has 0 saturated heterocycles. The number of hydrogen-bond donors (Lipinski definition) is 1. The average molecular weight is 221 g/mol. The minimum atomic E-state index is -2.95. The van der Waals surface area contributed by atoms with Crippen LogP contribution in [0.25, 0.3) is 0 Å². The summed E-state index contributed by atoms with van der Waals surface area (Å²) in [6, 6.07) is 0.136. The van der Waals surface area contributed by atoms with Gasteiger partial charge in [0.25, 0.3) is 0 Å². The summed E-state index contributed by atoms with van der Waals surface area (Å²) in [5.74, 6) is 0.948. The smallest absolute Gasteiger partial charge is 0.154 e. The van der Waals surface area contributed by atoms with Gasteiger partial charge in [-0.15, -0.1) is 0 Å². The van der Waals surface area contributed by atoms with E-state index in [1.807, 2.05) is 7.05 Å². The van der Waals surface area contributed by atoms with Gasteiger partial charge < -0.3 is 10.1 Å². The third-order valence-corrected chi connectivity index (χ3v) is 4.25. The fraction of sp³-hybridized carbons (Fsp3) is 1.00. The molecule has 1 atom stereocenters. The number of nitrogens with one attached hydrogen (secondary N) is 1. The number of ether oxygens (including phenoxy) is 1. The summed E-state index contributed by atoms with van der Waals surface area (Å²) in [6.45, 7) is 0.295. The summed E-state index contributed by atoms with van der Waals surface area (Å²) in [6.07, 6.45) is 2.32. The van der Waals surface area contributed by atoms with Gasteiger partial charge >= 0.3 is 0 Å². The average Bonchev–Trinajstić information content (AvgIpc) is 2.94. The Bertz CT molecular complexity index is 259. The molecule has 1 N–H and O–H groups in total. The molecule has 5 heteroatoms. The van der Waals surface area contributed by atoms with Crippen LogP contribution in [0.3, 0.4) is 0 Å². The highest BCUT2D eigenvalue weighted by atomic mass is 32.2. The Morgan fingerprint density at radius 3 is 2.57 bits per heavy atom. The Hall–Kier alpha value is -0.130. The predicted molar refractivity (Wildman–Crippen MR) is 56.1 cm³/mol. The molecule has 84 valence electrons. The van der Waals surface area contributed by atoms with Gasteiger partial charge in [0.15, 0.2) is 9.84 Å². The first-order chi connectivity index (χ1) is 6.59. The van der Waals surface area contributed by atoms with Crippen molar-refractivity contribution in [2.75, 3.05) is 32.3 Å². The second-order valence-corrected chi connectivity index (χ2v) is 6.07. The lowest BCUT2D eigenvalue weighted by Gasteiger charge is -2.14. The van der Waals surface area contributed by atoms with E-state index in [-0.39, 0.29) is 17.5 Å². The maximum absolute atomic E-state index is 11.6. The van der Waals surface area contributed by atoms with E-state index in [2.05, 4.69) is 5.32 Å². The lowest BCUT2D eigenvalue weighted by atomic mass is 10.2. The van der Waals surface area contributed by atoms with Crippen molar-refractivity contribution in [3.8, 4) is 0 Å². The maximum Gasteiger partial charge on any atom is 0.154 e. The Kier molecular flexibility index (Phi) is 4.34. The van der Waals surface area contributed by atoms with Crippen LogP contribution in [0.4, 0.5) is 0 Å². The number of hydrogen-bond acceptors (Lipinski definition) is 4. The molecular weight excluding hydrogens is 202 g/mol. The van der Waals surface area contributed by atoms with E-state index < -0.39 is 9.84 Å². The summed E-state index contributed by atoms with van der Waals surface area (Å²) in [4.78, 5) is 0. The molecule has 0 aromatic heterocycles. The molecule has 1 saturated carbocycles. The summed E-state index contributed by atoms with van der Waals surface area (Å²) < 4.78 is 27.9. The highest BCUT2D eigenvalue weighted by Gasteiger charge is 2.33. The first-order valence-corrected chi connectivity index (χ1v) is 6.78. The van der Waals surface area contributed by atoms with Gasteiger partial charge in [-0.3, -0.25) is 0 Å². The van der Waals surface area contributed by atoms with Crippen LogP contribution in [-0.2, 0) is 14.6 Å². The van der Waals surface area contributed by atoms with Crippen LogP contribution in [0.1, 0.15) is 12.8 Å². The fourth-order valence-electron chi connectivity index (χ4n) is 1.52. The van der Waals surface area contributed by atoms with Gasteiger partial charge in [-0.1, -0.05) is 0 Å². The highest BCUT2D eigenvalue weighted by molar-refractivity contribution is 7.91. The summed E-state index contributed by atoms with van der Waals surface area (Å²) in [5, 5.41) is 3.08. The minimum Gasteiger partial charge on any atom is -0.384 e. The first-order valence-electron chi connectivity index (χ1n) is 4.95. The van der Waals surface area contributed by atoms with Crippen LogP contribution in [0.2, 0.25) is 0 Å². The van der Waals surface area contributed by atoms with E-state index in [1.165, 1.54) is 7.11 Å². The number of sulfone groups is 1. The van der Waals surface area contributed by atoms with Crippen molar-refractivity contribution in [1.29, 1.82) is 0 Å². The topological polar surface area (TPSA) is 55.4 Å². The maximum atomic E-state index is 11.6. The molecule has 0 heterocycles. The standard InChI is InChI=1S/C9H19NO3S/c1-10-9(8-3-4-8)7-14(11,12)6-5-13-2/h8-10H,3-7H2,1-2H3. The van der Waals surface area contributed by atoms with Gasteiger partial charge in [-0.25, -0.2) is 8.42 Å². The Labute approximate surface area is 85.9 Å². The third-order valence-electron chi connectivity index (χ3n) is 2.59. The quantitative estimate of drug-likeness (QED) is 0.660. The van der Waals surface area contributed by atoms with Crippen LogP contribution in [0, 0.1) is 5.92 Å². The third kappa shape index (κ3) is 3.94. The van der Waals surface area contributed by atoms with Crippen molar-refractivity contribution in [2.45, 2.75) is 18.9 Å². The molecule has 0 bridgehead atoms. The Balaban J connectivity index is 2.39. The Morgan fingerprint density at radius 1 is 1.50 bits per heavy atom. The second-order valence-electron chi connectivity index (χ2n) is 3.84. The lowest BCUT2D eigenvalue weighted by Crippen LogP contribution is -2.36. The zero-order chi connectivity index (χ0) is 10.6. The molecular formula is C9H19NO3S. The summed E-state index contributed by atoms with van der Waals surface area (Å²) >= 11 is 0. The van der Waals surface area contributed by atoms with Crippen LogP contribution >= 0.6 is 0 Å². The van der Waals surface area contributed by atoms with Gasteiger partial charge in [-0.05, 0) is 25.8 Å². The molecule has 1 aliphatic carbocycles. The van der Waals surface area contributed by atoms with Gasteiger partial charge in [0, 0.05) is 13.2 Å². The lowest BCUT2D eigenvalue weighted by molar-refractivity contribution is 0.217. The molecule has 0 aliphatic heterocycles. The van der Waals surface area contributed by atoms with E-state index in [0.29, 0.717) is 12.5 Å². The first kappa shape index (κ1) is 11.9. The van der Waals surface area contributed by atoms with Crippen molar-refractivity contribution >= 4 is 9.84 Å². The molecule has 0 radical (unpaired) electrons. The molecule has 0 aromatic carbocycles. The second kappa shape index (κ2) is 5.09. The van der Waals surface area contributed by atoms with Gasteiger partial charge in [-0.2, -0.15) is 0 Å². The molecule has 0 spiro atoms. The van der Waals surface area contributed by atoms with Crippen LogP contribution < -0.4 is 5.32 Å². The van der Waals surface area contributed by atoms with Crippen molar-refractivity contribution in [2.24, 2.45) is 5.92 Å². The molecule has 1 unspecified atom stereocenters. The molecule has 14 heavy (non-hydrogen) atoms. The van der Waals surface area contributed by atoms with Gasteiger partial charge in [0.05, 0.1) is 18.1 Å². The SMILES string of the molecule is CNC(CS(=O)(=O)CCOC)C1CC1. The number of methoxy groups -OCH3 is 1. The molecule has 1 fully saturated rings. The fourth-order valence-corrected chi connectivity index (χ4v) is 3.09. The molecule has 1 aliphatic rings. The minimum absolute atomic E-state index is 0.133. The van der Waals surface area contributed by atoms with Crippen molar-refractivity contribution in [3.05, 3.63) is 0 Å². The summed E-state index contributed by atoms with van der Waals surface area (Å²) in [5.41, 5.74) is 0. The number of rotatable bonds is 7. The largest absolute Gasteiger partial charge is 0.384 e. The van der Waals surface area contributed by atoms with Gasteiger partial charge in [0.1, 0.15) is 0 Å². The van der Waals surface area contributed by atoms with Crippen molar-refractivity contribution in [1.82, 2.24) is 5.32 Å². The molecule has 1 rings (SSSR count). The zero-order valence-corrected chi connectivity index (χ0v) is 9.64. The van der Waals surface area contributed by atoms with E-state index in [4.69, 9.17) is 4.74 Å². The van der Waals surface area contributed by atoms with E-state index in [0.717, 1.165) is 12.8 Å². The normalized spacial score (nSPS) is 19.6.